The first-order valence-corrected chi connectivity index (χ1v) is 8.99. The Bertz CT molecular complexity index is 1060. The summed E-state index contributed by atoms with van der Waals surface area (Å²) < 4.78 is 10.7. The fourth-order valence-electron chi connectivity index (χ4n) is 2.49. The minimum Gasteiger partial charge on any atom is -0.449 e. The summed E-state index contributed by atoms with van der Waals surface area (Å²) in [7, 11) is 0. The molecular formula is C21H17ClN2O5. The first-order valence-electron chi connectivity index (χ1n) is 8.61. The summed E-state index contributed by atoms with van der Waals surface area (Å²) in [5.74, 6) is -1.53. The minimum absolute atomic E-state index is 0.0506. The maximum Gasteiger partial charge on any atom is 0.375 e. The molecule has 3 aromatic rings. The lowest BCUT2D eigenvalue weighted by molar-refractivity contribution is -0.123. The number of esters is 1. The van der Waals surface area contributed by atoms with E-state index in [0.29, 0.717) is 27.6 Å². The molecule has 0 radical (unpaired) electrons. The molecule has 1 heterocycles. The number of carbonyl (C=O) groups excluding carboxylic acids is 3. The zero-order chi connectivity index (χ0) is 21.0. The molecular weight excluding hydrogens is 396 g/mol. The van der Waals surface area contributed by atoms with Gasteiger partial charge in [0.2, 0.25) is 11.7 Å². The van der Waals surface area contributed by atoms with E-state index in [9.17, 15) is 14.4 Å². The summed E-state index contributed by atoms with van der Waals surface area (Å²) >= 11 is 6.12. The van der Waals surface area contributed by atoms with E-state index in [1.165, 1.54) is 37.3 Å². The molecule has 2 amide bonds. The molecule has 0 saturated carbocycles. The Morgan fingerprint density at radius 2 is 1.72 bits per heavy atom. The lowest BCUT2D eigenvalue weighted by atomic mass is 10.2. The average Bonchev–Trinajstić information content (AvgIpc) is 3.18. The lowest BCUT2D eigenvalue weighted by Gasteiger charge is -2.13. The number of amides is 2. The summed E-state index contributed by atoms with van der Waals surface area (Å²) in [5, 5.41) is 3.07. The molecule has 0 spiro atoms. The van der Waals surface area contributed by atoms with Gasteiger partial charge in [0, 0.05) is 16.8 Å². The maximum absolute atomic E-state index is 12.3. The molecule has 0 saturated heterocycles. The van der Waals surface area contributed by atoms with Crippen molar-refractivity contribution in [3.8, 4) is 11.3 Å². The quantitative estimate of drug-likeness (QED) is 0.596. The van der Waals surface area contributed by atoms with Crippen molar-refractivity contribution in [2.75, 3.05) is 5.32 Å². The second kappa shape index (κ2) is 8.62. The molecule has 1 aromatic heterocycles. The van der Waals surface area contributed by atoms with Crippen molar-refractivity contribution < 1.29 is 23.5 Å². The third kappa shape index (κ3) is 4.83. The van der Waals surface area contributed by atoms with E-state index in [4.69, 9.17) is 26.5 Å². The van der Waals surface area contributed by atoms with Crippen LogP contribution < -0.4 is 11.1 Å². The van der Waals surface area contributed by atoms with E-state index >= 15 is 0 Å². The summed E-state index contributed by atoms with van der Waals surface area (Å²) in [5.41, 5.74) is 6.55. The van der Waals surface area contributed by atoms with E-state index in [1.54, 1.807) is 30.3 Å². The van der Waals surface area contributed by atoms with Crippen LogP contribution in [0.1, 0.15) is 27.8 Å². The third-order valence-electron chi connectivity index (χ3n) is 4.04. The van der Waals surface area contributed by atoms with Gasteiger partial charge < -0.3 is 20.2 Å². The average molecular weight is 413 g/mol. The molecule has 148 valence electrons. The topological polar surface area (TPSA) is 112 Å². The van der Waals surface area contributed by atoms with Crippen LogP contribution in [0.2, 0.25) is 5.02 Å². The number of anilines is 1. The number of nitrogens with two attached hydrogens (primary N) is 1. The Labute approximate surface area is 171 Å². The third-order valence-corrected chi connectivity index (χ3v) is 4.37. The Kier molecular flexibility index (Phi) is 5.99. The van der Waals surface area contributed by atoms with Crippen molar-refractivity contribution in [1.29, 1.82) is 0 Å². The molecule has 3 rings (SSSR count). The molecule has 3 N–H and O–H groups in total. The van der Waals surface area contributed by atoms with Crippen LogP contribution in [0.3, 0.4) is 0 Å². The zero-order valence-corrected chi connectivity index (χ0v) is 16.1. The summed E-state index contributed by atoms with van der Waals surface area (Å²) in [6.07, 6.45) is -1.08. The molecule has 0 aliphatic heterocycles. The number of ether oxygens (including phenoxy) is 1. The van der Waals surface area contributed by atoms with Crippen LogP contribution in [0.25, 0.3) is 11.3 Å². The van der Waals surface area contributed by atoms with Gasteiger partial charge in [-0.1, -0.05) is 23.7 Å². The molecule has 0 aliphatic carbocycles. The van der Waals surface area contributed by atoms with Crippen LogP contribution in [0.4, 0.5) is 5.69 Å². The zero-order valence-electron chi connectivity index (χ0n) is 15.3. The first kappa shape index (κ1) is 20.2. The van der Waals surface area contributed by atoms with Crippen molar-refractivity contribution in [3.05, 3.63) is 77.0 Å². The minimum atomic E-state index is -1.08. The van der Waals surface area contributed by atoms with E-state index in [2.05, 4.69) is 5.32 Å². The molecule has 8 heteroatoms. The van der Waals surface area contributed by atoms with Gasteiger partial charge in [-0.3, -0.25) is 9.59 Å². The highest BCUT2D eigenvalue weighted by Gasteiger charge is 2.22. The molecule has 2 aromatic carbocycles. The van der Waals surface area contributed by atoms with Crippen molar-refractivity contribution in [2.24, 2.45) is 5.73 Å². The van der Waals surface area contributed by atoms with Gasteiger partial charge in [-0.2, -0.15) is 0 Å². The van der Waals surface area contributed by atoms with Gasteiger partial charge in [-0.25, -0.2) is 4.79 Å². The molecule has 7 nitrogen and oxygen atoms in total. The Hall–Kier alpha value is -3.58. The van der Waals surface area contributed by atoms with E-state index < -0.39 is 23.9 Å². The maximum atomic E-state index is 12.3. The lowest BCUT2D eigenvalue weighted by Crippen LogP contribution is -2.29. The Morgan fingerprint density at radius 1 is 1.03 bits per heavy atom. The van der Waals surface area contributed by atoms with Gasteiger partial charge in [0.15, 0.2) is 6.10 Å². The fourth-order valence-corrected chi connectivity index (χ4v) is 2.72. The van der Waals surface area contributed by atoms with Crippen molar-refractivity contribution in [1.82, 2.24) is 0 Å². The monoisotopic (exact) mass is 412 g/mol. The molecule has 0 bridgehead atoms. The van der Waals surface area contributed by atoms with Crippen molar-refractivity contribution in [2.45, 2.75) is 13.0 Å². The van der Waals surface area contributed by atoms with Crippen molar-refractivity contribution >= 4 is 35.1 Å². The number of nitrogens with one attached hydrogen (secondary N) is 1. The Balaban J connectivity index is 1.62. The van der Waals surface area contributed by atoms with Crippen LogP contribution in [-0.2, 0) is 9.53 Å². The highest BCUT2D eigenvalue weighted by Crippen LogP contribution is 2.29. The van der Waals surface area contributed by atoms with Crippen LogP contribution in [0, 0.1) is 0 Å². The van der Waals surface area contributed by atoms with Gasteiger partial charge in [0.05, 0.1) is 5.02 Å². The number of rotatable bonds is 6. The Morgan fingerprint density at radius 3 is 2.38 bits per heavy atom. The predicted molar refractivity (Wildman–Crippen MR) is 108 cm³/mol. The highest BCUT2D eigenvalue weighted by atomic mass is 35.5. The second-order valence-corrected chi connectivity index (χ2v) is 6.53. The van der Waals surface area contributed by atoms with E-state index in [1.807, 2.05) is 0 Å². The SMILES string of the molecule is CC(OC(=O)c1ccc(-c2ccccc2Cl)o1)C(=O)Nc1ccc(C(N)=O)cc1. The van der Waals surface area contributed by atoms with Crippen LogP contribution in [0.15, 0.2) is 65.1 Å². The summed E-state index contributed by atoms with van der Waals surface area (Å²) in [6.45, 7) is 1.43. The standard InChI is InChI=1S/C21H17ClN2O5/c1-12(20(26)24-14-8-6-13(7-9-14)19(23)25)28-21(27)18-11-10-17(29-18)15-4-2-3-5-16(15)22/h2-12H,1H3,(H2,23,25)(H,24,26). The van der Waals surface area contributed by atoms with Crippen molar-refractivity contribution in [3.63, 3.8) is 0 Å². The molecule has 1 unspecified atom stereocenters. The predicted octanol–water partition coefficient (Wildman–Crippen LogP) is 3.88. The number of furan rings is 1. The largest absolute Gasteiger partial charge is 0.449 e. The number of halogens is 1. The second-order valence-electron chi connectivity index (χ2n) is 6.12. The fraction of sp³-hybridized carbons (Fsp3) is 0.0952. The highest BCUT2D eigenvalue weighted by molar-refractivity contribution is 6.33. The summed E-state index contributed by atoms with van der Waals surface area (Å²) in [4.78, 5) is 35.6. The summed E-state index contributed by atoms with van der Waals surface area (Å²) in [6, 6.07) is 16.1. The van der Waals surface area contributed by atoms with Crippen LogP contribution in [0.5, 0.6) is 0 Å². The normalized spacial score (nSPS) is 11.5. The number of primary amides is 1. The van der Waals surface area contributed by atoms with Gasteiger partial charge in [-0.05, 0) is 55.5 Å². The van der Waals surface area contributed by atoms with E-state index in [0.717, 1.165) is 0 Å². The molecule has 0 aliphatic rings. The number of benzene rings is 2. The van der Waals surface area contributed by atoms with E-state index in [-0.39, 0.29) is 5.76 Å². The molecule has 29 heavy (non-hydrogen) atoms. The number of hydrogen-bond donors (Lipinski definition) is 2. The van der Waals surface area contributed by atoms with Crippen LogP contribution >= 0.6 is 11.6 Å². The smallest absolute Gasteiger partial charge is 0.375 e. The number of carbonyl (C=O) groups is 3. The molecule has 1 atom stereocenters. The van der Waals surface area contributed by atoms with Gasteiger partial charge in [0.1, 0.15) is 5.76 Å². The first-order chi connectivity index (χ1) is 13.8. The molecule has 0 fully saturated rings. The van der Waals surface area contributed by atoms with Gasteiger partial charge in [0.25, 0.3) is 5.91 Å². The number of hydrogen-bond acceptors (Lipinski definition) is 5. The van der Waals surface area contributed by atoms with Gasteiger partial charge in [-0.15, -0.1) is 0 Å². The van der Waals surface area contributed by atoms with Crippen LogP contribution in [-0.4, -0.2) is 23.9 Å². The van der Waals surface area contributed by atoms with Gasteiger partial charge >= 0.3 is 5.97 Å².